The van der Waals surface area contributed by atoms with Gasteiger partial charge in [0.05, 0.1) is 6.54 Å². The Morgan fingerprint density at radius 1 is 1.29 bits per heavy atom. The Morgan fingerprint density at radius 3 is 2.35 bits per heavy atom. The Hall–Kier alpha value is -1.10. The predicted molar refractivity (Wildman–Crippen MR) is 66.3 cm³/mol. The van der Waals surface area contributed by atoms with Gasteiger partial charge in [0.1, 0.15) is 0 Å². The van der Waals surface area contributed by atoms with Crippen molar-refractivity contribution >= 4 is 11.8 Å². The molecular formula is C12H23N3O2. The molecule has 0 radical (unpaired) electrons. The number of rotatable bonds is 4. The van der Waals surface area contributed by atoms with Gasteiger partial charge >= 0.3 is 0 Å². The molecular weight excluding hydrogens is 218 g/mol. The third-order valence-corrected chi connectivity index (χ3v) is 3.34. The minimum Gasteiger partial charge on any atom is -0.347 e. The van der Waals surface area contributed by atoms with E-state index in [2.05, 4.69) is 0 Å². The van der Waals surface area contributed by atoms with Gasteiger partial charge < -0.3 is 15.5 Å². The summed E-state index contributed by atoms with van der Waals surface area (Å²) < 4.78 is 0. The monoisotopic (exact) mass is 241 g/mol. The molecule has 0 aromatic carbocycles. The molecule has 98 valence electrons. The van der Waals surface area contributed by atoms with Crippen molar-refractivity contribution in [1.82, 2.24) is 9.80 Å². The molecule has 5 nitrogen and oxygen atoms in total. The molecule has 1 saturated carbocycles. The standard InChI is InChI=1S/C12H23N3O2/c1-4-15(8-11(16)14(2)3)12(17)9-5-6-10(13)7-9/h9-10H,4-8,13H2,1-3H3. The Bertz CT molecular complexity index is 291. The van der Waals surface area contributed by atoms with Crippen molar-refractivity contribution in [2.24, 2.45) is 11.7 Å². The van der Waals surface area contributed by atoms with E-state index < -0.39 is 0 Å². The summed E-state index contributed by atoms with van der Waals surface area (Å²) in [4.78, 5) is 26.9. The first-order valence-corrected chi connectivity index (χ1v) is 6.20. The normalized spacial score (nSPS) is 23.5. The molecule has 1 fully saturated rings. The van der Waals surface area contributed by atoms with Crippen molar-refractivity contribution in [2.75, 3.05) is 27.2 Å². The predicted octanol–water partition coefficient (Wildman–Crippen LogP) is 0.0505. The van der Waals surface area contributed by atoms with Crippen molar-refractivity contribution in [3.8, 4) is 0 Å². The zero-order valence-electron chi connectivity index (χ0n) is 11.0. The summed E-state index contributed by atoms with van der Waals surface area (Å²) in [7, 11) is 3.40. The fourth-order valence-electron chi connectivity index (χ4n) is 2.15. The van der Waals surface area contributed by atoms with Crippen LogP contribution in [0.15, 0.2) is 0 Å². The zero-order valence-corrected chi connectivity index (χ0v) is 11.0. The number of likely N-dealkylation sites (N-methyl/N-ethyl adjacent to an activating group) is 2. The summed E-state index contributed by atoms with van der Waals surface area (Å²) >= 11 is 0. The smallest absolute Gasteiger partial charge is 0.241 e. The van der Waals surface area contributed by atoms with E-state index in [-0.39, 0.29) is 30.3 Å². The van der Waals surface area contributed by atoms with Crippen LogP contribution in [0.5, 0.6) is 0 Å². The van der Waals surface area contributed by atoms with E-state index in [9.17, 15) is 9.59 Å². The van der Waals surface area contributed by atoms with Crippen molar-refractivity contribution in [3.63, 3.8) is 0 Å². The molecule has 0 saturated heterocycles. The van der Waals surface area contributed by atoms with Crippen LogP contribution in [0.25, 0.3) is 0 Å². The molecule has 17 heavy (non-hydrogen) atoms. The summed E-state index contributed by atoms with van der Waals surface area (Å²) in [5.74, 6) is 0.0538. The van der Waals surface area contributed by atoms with E-state index in [1.54, 1.807) is 19.0 Å². The number of nitrogens with zero attached hydrogens (tertiary/aromatic N) is 2. The van der Waals surface area contributed by atoms with Gasteiger partial charge in [-0.1, -0.05) is 0 Å². The summed E-state index contributed by atoms with van der Waals surface area (Å²) in [6.45, 7) is 2.65. The lowest BCUT2D eigenvalue weighted by molar-refractivity contribution is -0.141. The maximum atomic E-state index is 12.2. The Labute approximate surface area is 103 Å². The molecule has 2 N–H and O–H groups in total. The molecule has 2 atom stereocenters. The fraction of sp³-hybridized carbons (Fsp3) is 0.833. The third-order valence-electron chi connectivity index (χ3n) is 3.34. The van der Waals surface area contributed by atoms with E-state index >= 15 is 0 Å². The largest absolute Gasteiger partial charge is 0.347 e. The lowest BCUT2D eigenvalue weighted by atomic mass is 10.1. The fourth-order valence-corrected chi connectivity index (χ4v) is 2.15. The molecule has 1 aliphatic rings. The van der Waals surface area contributed by atoms with Crippen LogP contribution in [0.3, 0.4) is 0 Å². The lowest BCUT2D eigenvalue weighted by Gasteiger charge is -2.25. The second-order valence-electron chi connectivity index (χ2n) is 4.91. The highest BCUT2D eigenvalue weighted by molar-refractivity contribution is 5.85. The van der Waals surface area contributed by atoms with Crippen LogP contribution in [0.1, 0.15) is 26.2 Å². The number of hydrogen-bond acceptors (Lipinski definition) is 3. The molecule has 0 heterocycles. The molecule has 2 unspecified atom stereocenters. The lowest BCUT2D eigenvalue weighted by Crippen LogP contribution is -2.42. The molecule has 5 heteroatoms. The van der Waals surface area contributed by atoms with Crippen LogP contribution in [-0.4, -0.2) is 54.8 Å². The summed E-state index contributed by atoms with van der Waals surface area (Å²) in [5.41, 5.74) is 5.81. The first-order valence-electron chi connectivity index (χ1n) is 6.20. The van der Waals surface area contributed by atoms with Crippen molar-refractivity contribution in [1.29, 1.82) is 0 Å². The highest BCUT2D eigenvalue weighted by atomic mass is 16.2. The molecule has 0 aliphatic heterocycles. The number of carbonyl (C=O) groups is 2. The summed E-state index contributed by atoms with van der Waals surface area (Å²) in [6.07, 6.45) is 2.52. The van der Waals surface area contributed by atoms with Gasteiger partial charge in [0.15, 0.2) is 0 Å². The van der Waals surface area contributed by atoms with Crippen LogP contribution in [0.2, 0.25) is 0 Å². The van der Waals surface area contributed by atoms with Gasteiger partial charge in [-0.3, -0.25) is 9.59 Å². The molecule has 0 spiro atoms. The van der Waals surface area contributed by atoms with Gasteiger partial charge in [0, 0.05) is 32.6 Å². The highest BCUT2D eigenvalue weighted by Gasteiger charge is 2.31. The molecule has 0 bridgehead atoms. The first kappa shape index (κ1) is 14.0. The van der Waals surface area contributed by atoms with E-state index in [0.717, 1.165) is 19.3 Å². The average Bonchev–Trinajstić information content (AvgIpc) is 2.71. The van der Waals surface area contributed by atoms with Crippen LogP contribution in [0.4, 0.5) is 0 Å². The maximum Gasteiger partial charge on any atom is 0.241 e. The van der Waals surface area contributed by atoms with Gasteiger partial charge in [-0.25, -0.2) is 0 Å². The Kier molecular flexibility index (Phi) is 4.93. The minimum absolute atomic E-state index is 0.0138. The molecule has 2 amide bonds. The second-order valence-corrected chi connectivity index (χ2v) is 4.91. The van der Waals surface area contributed by atoms with Crippen LogP contribution < -0.4 is 5.73 Å². The Balaban J connectivity index is 2.55. The zero-order chi connectivity index (χ0) is 13.0. The SMILES string of the molecule is CCN(CC(=O)N(C)C)C(=O)C1CCC(N)C1. The second kappa shape index (κ2) is 6.00. The third kappa shape index (κ3) is 3.70. The summed E-state index contributed by atoms with van der Waals surface area (Å²) in [6, 6.07) is 0.146. The van der Waals surface area contributed by atoms with Gasteiger partial charge in [0.2, 0.25) is 11.8 Å². The quantitative estimate of drug-likeness (QED) is 0.756. The topological polar surface area (TPSA) is 66.6 Å². The van der Waals surface area contributed by atoms with Gasteiger partial charge in [0.25, 0.3) is 0 Å². The van der Waals surface area contributed by atoms with Crippen molar-refractivity contribution < 1.29 is 9.59 Å². The van der Waals surface area contributed by atoms with Gasteiger partial charge in [-0.15, -0.1) is 0 Å². The number of nitrogens with two attached hydrogens (primary N) is 1. The van der Waals surface area contributed by atoms with Gasteiger partial charge in [-0.05, 0) is 26.2 Å². The Morgan fingerprint density at radius 2 is 1.94 bits per heavy atom. The van der Waals surface area contributed by atoms with E-state index in [4.69, 9.17) is 5.73 Å². The van der Waals surface area contributed by atoms with Crippen LogP contribution in [0, 0.1) is 5.92 Å². The molecule has 0 aromatic rings. The number of hydrogen-bond donors (Lipinski definition) is 1. The first-order chi connectivity index (χ1) is 7.95. The van der Waals surface area contributed by atoms with Crippen molar-refractivity contribution in [3.05, 3.63) is 0 Å². The molecule has 1 rings (SSSR count). The van der Waals surface area contributed by atoms with E-state index in [1.165, 1.54) is 4.90 Å². The summed E-state index contributed by atoms with van der Waals surface area (Å²) in [5, 5.41) is 0. The highest BCUT2D eigenvalue weighted by Crippen LogP contribution is 2.25. The van der Waals surface area contributed by atoms with Gasteiger partial charge in [-0.2, -0.15) is 0 Å². The molecule has 1 aliphatic carbocycles. The van der Waals surface area contributed by atoms with E-state index in [0.29, 0.717) is 6.54 Å². The average molecular weight is 241 g/mol. The number of amides is 2. The maximum absolute atomic E-state index is 12.2. The van der Waals surface area contributed by atoms with Crippen LogP contribution >= 0.6 is 0 Å². The minimum atomic E-state index is -0.0394. The number of carbonyl (C=O) groups excluding carboxylic acids is 2. The van der Waals surface area contributed by atoms with Crippen molar-refractivity contribution in [2.45, 2.75) is 32.2 Å². The van der Waals surface area contributed by atoms with E-state index in [1.807, 2.05) is 6.92 Å². The van der Waals surface area contributed by atoms with Crippen LogP contribution in [-0.2, 0) is 9.59 Å². The molecule has 0 aromatic heterocycles.